The number of nitrogens with zero attached hydrogens (tertiary/aromatic N) is 1. The minimum Gasteiger partial charge on any atom is -0.451 e. The van der Waals surface area contributed by atoms with Crippen molar-refractivity contribution in [2.45, 2.75) is 13.1 Å². The Morgan fingerprint density at radius 3 is 2.38 bits per heavy atom. The maximum atomic E-state index is 13.8. The molecule has 0 aliphatic rings. The third-order valence-corrected chi connectivity index (χ3v) is 3.94. The average Bonchev–Trinajstić information content (AvgIpc) is 3.11. The van der Waals surface area contributed by atoms with Crippen LogP contribution in [0.25, 0.3) is 11.3 Å². The first-order chi connectivity index (χ1) is 12.5. The van der Waals surface area contributed by atoms with E-state index in [1.165, 1.54) is 11.6 Å². The number of hydrogen-bond donors (Lipinski definition) is 1. The van der Waals surface area contributed by atoms with Crippen LogP contribution in [0.4, 0.5) is 4.39 Å². The summed E-state index contributed by atoms with van der Waals surface area (Å²) in [5.41, 5.74) is 2.55. The molecule has 3 rings (SSSR count). The number of rotatable bonds is 6. The first-order valence-electron chi connectivity index (χ1n) is 8.38. The molecule has 1 amide bonds. The quantitative estimate of drug-likeness (QED) is 0.727. The Morgan fingerprint density at radius 1 is 1.00 bits per heavy atom. The molecule has 4 nitrogen and oxygen atoms in total. The zero-order valence-corrected chi connectivity index (χ0v) is 14.8. The maximum absolute atomic E-state index is 13.8. The van der Waals surface area contributed by atoms with Crippen molar-refractivity contribution in [3.8, 4) is 11.3 Å². The van der Waals surface area contributed by atoms with Crippen LogP contribution in [0.5, 0.6) is 0 Å². The Kier molecular flexibility index (Phi) is 5.49. The molecule has 2 aromatic carbocycles. The minimum absolute atomic E-state index is 0.160. The summed E-state index contributed by atoms with van der Waals surface area (Å²) in [5, 5.41) is 2.82. The molecule has 0 fully saturated rings. The van der Waals surface area contributed by atoms with Gasteiger partial charge >= 0.3 is 0 Å². The largest absolute Gasteiger partial charge is 0.451 e. The predicted octanol–water partition coefficient (Wildman–Crippen LogP) is 4.08. The SMILES string of the molecule is CN(C)Cc1ccc(CNC(=O)c2ccc(-c3ccccc3F)o2)cc1. The highest BCUT2D eigenvalue weighted by molar-refractivity contribution is 5.92. The Balaban J connectivity index is 1.61. The van der Waals surface area contributed by atoms with Gasteiger partial charge in [0.25, 0.3) is 5.91 Å². The van der Waals surface area contributed by atoms with Gasteiger partial charge in [0, 0.05) is 13.1 Å². The van der Waals surface area contributed by atoms with Crippen molar-refractivity contribution in [1.29, 1.82) is 0 Å². The van der Waals surface area contributed by atoms with Crippen molar-refractivity contribution in [1.82, 2.24) is 10.2 Å². The van der Waals surface area contributed by atoms with E-state index in [0.717, 1.165) is 12.1 Å². The van der Waals surface area contributed by atoms with Gasteiger partial charge in [-0.1, -0.05) is 36.4 Å². The molecule has 0 radical (unpaired) electrons. The van der Waals surface area contributed by atoms with E-state index < -0.39 is 0 Å². The molecule has 0 atom stereocenters. The number of nitrogens with one attached hydrogen (secondary N) is 1. The second-order valence-electron chi connectivity index (χ2n) is 6.38. The first kappa shape index (κ1) is 17.9. The second kappa shape index (κ2) is 7.97. The molecule has 0 spiro atoms. The van der Waals surface area contributed by atoms with Crippen LogP contribution in [0.3, 0.4) is 0 Å². The third kappa shape index (κ3) is 4.37. The van der Waals surface area contributed by atoms with Gasteiger partial charge in [-0.2, -0.15) is 0 Å². The number of hydrogen-bond acceptors (Lipinski definition) is 3. The van der Waals surface area contributed by atoms with Crippen molar-refractivity contribution in [2.24, 2.45) is 0 Å². The molecule has 1 heterocycles. The van der Waals surface area contributed by atoms with E-state index in [1.54, 1.807) is 30.3 Å². The van der Waals surface area contributed by atoms with Crippen molar-refractivity contribution in [3.05, 3.63) is 83.4 Å². The molecule has 0 unspecified atom stereocenters. The van der Waals surface area contributed by atoms with Gasteiger partial charge in [0.05, 0.1) is 5.56 Å². The van der Waals surface area contributed by atoms with E-state index in [4.69, 9.17) is 4.42 Å². The molecule has 0 aliphatic carbocycles. The van der Waals surface area contributed by atoms with E-state index >= 15 is 0 Å². The van der Waals surface area contributed by atoms with Crippen LogP contribution in [0.2, 0.25) is 0 Å². The number of benzene rings is 2. The second-order valence-corrected chi connectivity index (χ2v) is 6.38. The third-order valence-electron chi connectivity index (χ3n) is 3.94. The molecule has 0 aliphatic heterocycles. The molecule has 134 valence electrons. The van der Waals surface area contributed by atoms with Crippen LogP contribution >= 0.6 is 0 Å². The van der Waals surface area contributed by atoms with Crippen LogP contribution in [0.1, 0.15) is 21.7 Å². The van der Waals surface area contributed by atoms with Crippen LogP contribution in [-0.4, -0.2) is 24.9 Å². The Hall–Kier alpha value is -2.92. The standard InChI is InChI=1S/C21H21FN2O2/c1-24(2)14-16-9-7-15(8-10-16)13-23-21(25)20-12-11-19(26-20)17-5-3-4-6-18(17)22/h3-12H,13-14H2,1-2H3,(H,23,25). The summed E-state index contributed by atoms with van der Waals surface area (Å²) in [5.74, 6) is -0.217. The van der Waals surface area contributed by atoms with Gasteiger partial charge in [0.15, 0.2) is 5.76 Å². The number of amides is 1. The van der Waals surface area contributed by atoms with Crippen molar-refractivity contribution >= 4 is 5.91 Å². The smallest absolute Gasteiger partial charge is 0.287 e. The molecule has 5 heteroatoms. The fourth-order valence-electron chi connectivity index (χ4n) is 2.66. The van der Waals surface area contributed by atoms with Crippen LogP contribution in [-0.2, 0) is 13.1 Å². The number of halogens is 1. The molecule has 1 N–H and O–H groups in total. The summed E-state index contributed by atoms with van der Waals surface area (Å²) in [6, 6.07) is 17.5. The highest BCUT2D eigenvalue weighted by Crippen LogP contribution is 2.24. The lowest BCUT2D eigenvalue weighted by atomic mass is 10.1. The molecule has 1 aromatic heterocycles. The van der Waals surface area contributed by atoms with Crippen molar-refractivity contribution < 1.29 is 13.6 Å². The van der Waals surface area contributed by atoms with Gasteiger partial charge in [-0.05, 0) is 49.5 Å². The molecule has 0 saturated carbocycles. The Morgan fingerprint density at radius 2 is 1.69 bits per heavy atom. The zero-order valence-electron chi connectivity index (χ0n) is 14.8. The molecule has 3 aromatic rings. The van der Waals surface area contributed by atoms with E-state index in [1.807, 2.05) is 38.4 Å². The number of carbonyl (C=O) groups excluding carboxylic acids is 1. The Labute approximate surface area is 152 Å². The molecular formula is C21H21FN2O2. The van der Waals surface area contributed by atoms with Gasteiger partial charge < -0.3 is 14.6 Å². The van der Waals surface area contributed by atoms with Crippen LogP contribution in [0.15, 0.2) is 65.1 Å². The number of carbonyl (C=O) groups is 1. The lowest BCUT2D eigenvalue weighted by molar-refractivity contribution is 0.0924. The van der Waals surface area contributed by atoms with Crippen LogP contribution < -0.4 is 5.32 Å². The number of furan rings is 1. The van der Waals surface area contributed by atoms with E-state index in [0.29, 0.717) is 17.9 Å². The van der Waals surface area contributed by atoms with Gasteiger partial charge in [0.1, 0.15) is 11.6 Å². The van der Waals surface area contributed by atoms with Gasteiger partial charge in [-0.15, -0.1) is 0 Å². The highest BCUT2D eigenvalue weighted by Gasteiger charge is 2.14. The summed E-state index contributed by atoms with van der Waals surface area (Å²) >= 11 is 0. The topological polar surface area (TPSA) is 45.5 Å². The van der Waals surface area contributed by atoms with Crippen molar-refractivity contribution in [3.63, 3.8) is 0 Å². The fraction of sp³-hybridized carbons (Fsp3) is 0.190. The van der Waals surface area contributed by atoms with Gasteiger partial charge in [0.2, 0.25) is 0 Å². The normalized spacial score (nSPS) is 10.9. The summed E-state index contributed by atoms with van der Waals surface area (Å²) in [7, 11) is 4.04. The lowest BCUT2D eigenvalue weighted by Gasteiger charge is -2.10. The van der Waals surface area contributed by atoms with Gasteiger partial charge in [-0.25, -0.2) is 4.39 Å². The summed E-state index contributed by atoms with van der Waals surface area (Å²) in [4.78, 5) is 14.4. The van der Waals surface area contributed by atoms with Gasteiger partial charge in [-0.3, -0.25) is 4.79 Å². The van der Waals surface area contributed by atoms with E-state index in [2.05, 4.69) is 10.2 Å². The van der Waals surface area contributed by atoms with E-state index in [9.17, 15) is 9.18 Å². The lowest BCUT2D eigenvalue weighted by Crippen LogP contribution is -2.22. The molecule has 0 saturated heterocycles. The molecule has 26 heavy (non-hydrogen) atoms. The fourth-order valence-corrected chi connectivity index (χ4v) is 2.66. The predicted molar refractivity (Wildman–Crippen MR) is 99.1 cm³/mol. The monoisotopic (exact) mass is 352 g/mol. The summed E-state index contributed by atoms with van der Waals surface area (Å²) < 4.78 is 19.3. The summed E-state index contributed by atoms with van der Waals surface area (Å²) in [6.07, 6.45) is 0. The van der Waals surface area contributed by atoms with E-state index in [-0.39, 0.29) is 17.5 Å². The average molecular weight is 352 g/mol. The first-order valence-corrected chi connectivity index (χ1v) is 8.38. The van der Waals surface area contributed by atoms with Crippen molar-refractivity contribution in [2.75, 3.05) is 14.1 Å². The minimum atomic E-state index is -0.383. The molecular weight excluding hydrogens is 331 g/mol. The molecule has 0 bridgehead atoms. The highest BCUT2D eigenvalue weighted by atomic mass is 19.1. The Bertz CT molecular complexity index is 885. The maximum Gasteiger partial charge on any atom is 0.287 e. The zero-order chi connectivity index (χ0) is 18.5. The van der Waals surface area contributed by atoms with Crippen LogP contribution in [0, 0.1) is 5.82 Å². The summed E-state index contributed by atoms with van der Waals surface area (Å²) in [6.45, 7) is 1.27.